The zero-order valence-corrected chi connectivity index (χ0v) is 14.3. The Morgan fingerprint density at radius 1 is 1.25 bits per heavy atom. The summed E-state index contributed by atoms with van der Waals surface area (Å²) in [6.07, 6.45) is 3.08. The van der Waals surface area contributed by atoms with Crippen molar-refractivity contribution in [3.05, 3.63) is 45.3 Å². The Balaban J connectivity index is 1.96. The van der Waals surface area contributed by atoms with Gasteiger partial charge >= 0.3 is 0 Å². The van der Waals surface area contributed by atoms with Gasteiger partial charge in [-0.05, 0) is 50.8 Å². The predicted molar refractivity (Wildman–Crippen MR) is 93.5 cm³/mol. The lowest BCUT2D eigenvalue weighted by molar-refractivity contribution is 0.0918. The summed E-state index contributed by atoms with van der Waals surface area (Å²) >= 11 is 6.24. The Labute approximate surface area is 144 Å². The van der Waals surface area contributed by atoms with Crippen LogP contribution in [0.2, 0.25) is 5.02 Å². The lowest BCUT2D eigenvalue weighted by Crippen LogP contribution is -2.38. The van der Waals surface area contributed by atoms with E-state index in [0.717, 1.165) is 0 Å². The quantitative estimate of drug-likeness (QED) is 0.917. The fraction of sp³-hybridized carbons (Fsp3) is 0.444. The number of nitrogens with one attached hydrogen (secondary N) is 1. The maximum absolute atomic E-state index is 13.2. The Morgan fingerprint density at radius 3 is 2.62 bits per heavy atom. The highest BCUT2D eigenvalue weighted by Gasteiger charge is 2.24. The van der Waals surface area contributed by atoms with Crippen LogP contribution in [0.1, 0.15) is 43.0 Å². The smallest absolute Gasteiger partial charge is 0.258 e. The number of fused-ring (bicyclic) bond motifs is 1. The average molecular weight is 351 g/mol. The second-order valence-electron chi connectivity index (χ2n) is 6.21. The van der Waals surface area contributed by atoms with E-state index in [1.807, 2.05) is 6.92 Å². The lowest BCUT2D eigenvalue weighted by Gasteiger charge is -2.25. The van der Waals surface area contributed by atoms with E-state index in [9.17, 15) is 14.0 Å². The molecule has 1 aromatic carbocycles. The summed E-state index contributed by atoms with van der Waals surface area (Å²) < 4.78 is 14.8. The molecule has 3 rings (SSSR count). The standard InChI is InChI=1S/C18H20ClFN2O2/c1-2-22-10-9-13-14(18(22)24)7-8-15(19)16(13)17(23)21-12-5-3-11(20)4-6-12/h7-12H,2-6H2,1H3,(H,21,23). The van der Waals surface area contributed by atoms with Gasteiger partial charge in [0.15, 0.2) is 0 Å². The van der Waals surface area contributed by atoms with Gasteiger partial charge in [0.05, 0.1) is 10.6 Å². The molecule has 1 aliphatic carbocycles. The van der Waals surface area contributed by atoms with E-state index in [1.54, 1.807) is 29.0 Å². The molecule has 0 spiro atoms. The third-order valence-corrected chi connectivity index (χ3v) is 4.98. The number of pyridine rings is 1. The number of aromatic nitrogens is 1. The van der Waals surface area contributed by atoms with Gasteiger partial charge in [0.2, 0.25) is 0 Å². The van der Waals surface area contributed by atoms with Crippen molar-refractivity contribution in [1.29, 1.82) is 0 Å². The first kappa shape index (κ1) is 17.0. The Bertz CT molecular complexity index is 826. The van der Waals surface area contributed by atoms with Crippen LogP contribution < -0.4 is 10.9 Å². The molecule has 1 N–H and O–H groups in total. The number of halogens is 2. The molecule has 0 aliphatic heterocycles. The molecule has 1 aliphatic rings. The van der Waals surface area contributed by atoms with Gasteiger partial charge in [-0.25, -0.2) is 4.39 Å². The highest BCUT2D eigenvalue weighted by atomic mass is 35.5. The topological polar surface area (TPSA) is 51.1 Å². The second kappa shape index (κ2) is 6.93. The minimum absolute atomic E-state index is 0.0492. The van der Waals surface area contributed by atoms with Gasteiger partial charge in [-0.15, -0.1) is 0 Å². The van der Waals surface area contributed by atoms with Gasteiger partial charge in [-0.1, -0.05) is 11.6 Å². The first-order valence-corrected chi connectivity index (χ1v) is 8.65. The van der Waals surface area contributed by atoms with Gasteiger partial charge < -0.3 is 9.88 Å². The van der Waals surface area contributed by atoms with Gasteiger partial charge in [0.1, 0.15) is 6.17 Å². The monoisotopic (exact) mass is 350 g/mol. The van der Waals surface area contributed by atoms with Crippen LogP contribution in [-0.2, 0) is 6.54 Å². The van der Waals surface area contributed by atoms with Crippen LogP contribution in [-0.4, -0.2) is 22.7 Å². The lowest BCUT2D eigenvalue weighted by atomic mass is 9.93. The minimum Gasteiger partial charge on any atom is -0.349 e. The summed E-state index contributed by atoms with van der Waals surface area (Å²) in [7, 11) is 0. The van der Waals surface area contributed by atoms with Gasteiger partial charge in [0, 0.05) is 29.6 Å². The number of hydrogen-bond acceptors (Lipinski definition) is 2. The molecule has 0 atom stereocenters. The van der Waals surface area contributed by atoms with E-state index in [0.29, 0.717) is 53.6 Å². The molecule has 1 amide bonds. The fourth-order valence-corrected chi connectivity index (χ4v) is 3.52. The zero-order valence-electron chi connectivity index (χ0n) is 13.5. The van der Waals surface area contributed by atoms with Crippen molar-refractivity contribution in [1.82, 2.24) is 9.88 Å². The molecule has 2 aromatic rings. The summed E-state index contributed by atoms with van der Waals surface area (Å²) in [5.41, 5.74) is 0.176. The molecule has 1 heterocycles. The third-order valence-electron chi connectivity index (χ3n) is 4.67. The SMILES string of the molecule is CCn1ccc2c(C(=O)NC3CCC(F)CC3)c(Cl)ccc2c1=O. The van der Waals surface area contributed by atoms with Crippen LogP contribution in [0.5, 0.6) is 0 Å². The van der Waals surface area contributed by atoms with Gasteiger partial charge in [-0.2, -0.15) is 0 Å². The van der Waals surface area contributed by atoms with Crippen molar-refractivity contribution in [2.45, 2.75) is 51.4 Å². The van der Waals surface area contributed by atoms with Crippen molar-refractivity contribution < 1.29 is 9.18 Å². The van der Waals surface area contributed by atoms with Crippen molar-refractivity contribution in [2.75, 3.05) is 0 Å². The van der Waals surface area contributed by atoms with Crippen molar-refractivity contribution in [3.63, 3.8) is 0 Å². The molecule has 128 valence electrons. The zero-order chi connectivity index (χ0) is 17.3. The summed E-state index contributed by atoms with van der Waals surface area (Å²) in [6.45, 7) is 2.45. The molecule has 0 saturated heterocycles. The van der Waals surface area contributed by atoms with Crippen LogP contribution in [0.15, 0.2) is 29.2 Å². The maximum Gasteiger partial charge on any atom is 0.258 e. The third kappa shape index (κ3) is 3.18. The first-order chi connectivity index (χ1) is 11.5. The molecular formula is C18H20ClFN2O2. The Hall–Kier alpha value is -1.88. The van der Waals surface area contributed by atoms with Crippen molar-refractivity contribution >= 4 is 28.3 Å². The number of carbonyl (C=O) groups excluding carboxylic acids is 1. The van der Waals surface area contributed by atoms with Crippen LogP contribution in [0.25, 0.3) is 10.8 Å². The van der Waals surface area contributed by atoms with E-state index in [4.69, 9.17) is 11.6 Å². The van der Waals surface area contributed by atoms with Crippen LogP contribution >= 0.6 is 11.6 Å². The summed E-state index contributed by atoms with van der Waals surface area (Å²) in [6, 6.07) is 4.93. The van der Waals surface area contributed by atoms with Crippen molar-refractivity contribution in [2.24, 2.45) is 0 Å². The van der Waals surface area contributed by atoms with E-state index in [-0.39, 0.29) is 17.5 Å². The molecule has 0 unspecified atom stereocenters. The number of aryl methyl sites for hydroxylation is 1. The summed E-state index contributed by atoms with van der Waals surface area (Å²) in [5, 5.41) is 4.27. The van der Waals surface area contributed by atoms with Gasteiger partial charge in [-0.3, -0.25) is 9.59 Å². The second-order valence-corrected chi connectivity index (χ2v) is 6.62. The molecular weight excluding hydrogens is 331 g/mol. The minimum atomic E-state index is -0.771. The molecule has 0 bridgehead atoms. The van der Waals surface area contributed by atoms with E-state index in [2.05, 4.69) is 5.32 Å². The molecule has 1 saturated carbocycles. The Morgan fingerprint density at radius 2 is 1.96 bits per heavy atom. The first-order valence-electron chi connectivity index (χ1n) is 8.27. The highest BCUT2D eigenvalue weighted by molar-refractivity contribution is 6.35. The van der Waals surface area contributed by atoms with Crippen LogP contribution in [0.3, 0.4) is 0 Å². The normalized spacial score (nSPS) is 21.0. The molecule has 24 heavy (non-hydrogen) atoms. The number of carbonyl (C=O) groups is 1. The molecule has 1 aromatic heterocycles. The molecule has 0 radical (unpaired) electrons. The van der Waals surface area contributed by atoms with Crippen LogP contribution in [0.4, 0.5) is 4.39 Å². The average Bonchev–Trinajstić information content (AvgIpc) is 2.57. The molecule has 1 fully saturated rings. The fourth-order valence-electron chi connectivity index (χ4n) is 3.27. The number of nitrogens with zero attached hydrogens (tertiary/aromatic N) is 1. The van der Waals surface area contributed by atoms with E-state index >= 15 is 0 Å². The number of hydrogen-bond donors (Lipinski definition) is 1. The maximum atomic E-state index is 13.2. The van der Waals surface area contributed by atoms with E-state index in [1.165, 1.54) is 0 Å². The predicted octanol–water partition coefficient (Wildman–Crippen LogP) is 3.69. The summed E-state index contributed by atoms with van der Waals surface area (Å²) in [5.74, 6) is -0.304. The Kier molecular flexibility index (Phi) is 4.90. The summed E-state index contributed by atoms with van der Waals surface area (Å²) in [4.78, 5) is 25.1. The number of amides is 1. The number of alkyl halides is 1. The van der Waals surface area contributed by atoms with E-state index < -0.39 is 6.17 Å². The number of rotatable bonds is 3. The number of benzene rings is 1. The highest BCUT2D eigenvalue weighted by Crippen LogP contribution is 2.26. The molecule has 4 nitrogen and oxygen atoms in total. The van der Waals surface area contributed by atoms with Crippen molar-refractivity contribution in [3.8, 4) is 0 Å². The van der Waals surface area contributed by atoms with Gasteiger partial charge in [0.25, 0.3) is 11.5 Å². The largest absolute Gasteiger partial charge is 0.349 e. The molecule has 6 heteroatoms. The van der Waals surface area contributed by atoms with Crippen LogP contribution in [0, 0.1) is 0 Å².